The van der Waals surface area contributed by atoms with Gasteiger partial charge in [-0.3, -0.25) is 14.2 Å². The molecule has 9 heteroatoms. The van der Waals surface area contributed by atoms with E-state index in [4.69, 9.17) is 0 Å². The molecule has 9 nitrogen and oxygen atoms in total. The fraction of sp³-hybridized carbons (Fsp3) is 0.143. The van der Waals surface area contributed by atoms with E-state index >= 15 is 0 Å². The van der Waals surface area contributed by atoms with Gasteiger partial charge in [0.1, 0.15) is 6.54 Å². The smallest absolute Gasteiger partial charge is 0.253 e. The molecule has 0 spiro atoms. The quantitative estimate of drug-likeness (QED) is 0.735. The minimum atomic E-state index is -0.367. The number of anilines is 1. The standard InChI is InChI=1S/C14H13N7O2/c1-10-5-13(23)20(9-17-10)8-12(22)19-11-6-15-14(16-7-11)21-4-2-3-18-21/h2-7,9H,8H2,1H3,(H,19,22). The third kappa shape index (κ3) is 3.46. The van der Waals surface area contributed by atoms with Crippen LogP contribution in [0.5, 0.6) is 0 Å². The molecule has 0 radical (unpaired) electrons. The second-order valence-electron chi connectivity index (χ2n) is 4.77. The number of amides is 1. The molecule has 3 aromatic heterocycles. The number of carbonyl (C=O) groups is 1. The first kappa shape index (κ1) is 14.6. The second kappa shape index (κ2) is 6.18. The molecule has 0 saturated heterocycles. The SMILES string of the molecule is Cc1cc(=O)n(CC(=O)Nc2cnc(-n3cccn3)nc2)cn1. The fourth-order valence-electron chi connectivity index (χ4n) is 1.88. The minimum absolute atomic E-state index is 0.132. The second-order valence-corrected chi connectivity index (χ2v) is 4.77. The lowest BCUT2D eigenvalue weighted by molar-refractivity contribution is -0.116. The molecule has 23 heavy (non-hydrogen) atoms. The van der Waals surface area contributed by atoms with E-state index in [1.165, 1.54) is 34.0 Å². The van der Waals surface area contributed by atoms with E-state index in [9.17, 15) is 9.59 Å². The van der Waals surface area contributed by atoms with Gasteiger partial charge in [-0.15, -0.1) is 0 Å². The third-order valence-corrected chi connectivity index (χ3v) is 2.96. The molecule has 3 heterocycles. The molecule has 0 aliphatic carbocycles. The first-order valence-electron chi connectivity index (χ1n) is 6.77. The van der Waals surface area contributed by atoms with Gasteiger partial charge in [0, 0.05) is 24.2 Å². The predicted octanol–water partition coefficient (Wildman–Crippen LogP) is 0.166. The van der Waals surface area contributed by atoms with Crippen LogP contribution in [-0.2, 0) is 11.3 Å². The van der Waals surface area contributed by atoms with E-state index in [2.05, 4.69) is 25.4 Å². The van der Waals surface area contributed by atoms with E-state index in [1.54, 1.807) is 25.4 Å². The van der Waals surface area contributed by atoms with Crippen molar-refractivity contribution in [2.45, 2.75) is 13.5 Å². The summed E-state index contributed by atoms with van der Waals surface area (Å²) in [6.45, 7) is 1.58. The molecule has 3 aromatic rings. The van der Waals surface area contributed by atoms with Crippen LogP contribution in [0, 0.1) is 6.92 Å². The maximum atomic E-state index is 12.0. The Morgan fingerprint density at radius 3 is 2.70 bits per heavy atom. The number of aromatic nitrogens is 6. The summed E-state index contributed by atoms with van der Waals surface area (Å²) in [5, 5.41) is 6.63. The Hall–Kier alpha value is -3.36. The molecular formula is C14H13N7O2. The molecule has 0 unspecified atom stereocenters. The van der Waals surface area contributed by atoms with Crippen molar-refractivity contribution in [1.29, 1.82) is 0 Å². The van der Waals surface area contributed by atoms with Crippen LogP contribution in [0.2, 0.25) is 0 Å². The summed E-state index contributed by atoms with van der Waals surface area (Å²) in [6.07, 6.45) is 7.61. The zero-order chi connectivity index (χ0) is 16.2. The highest BCUT2D eigenvalue weighted by Gasteiger charge is 2.07. The third-order valence-electron chi connectivity index (χ3n) is 2.96. The molecular weight excluding hydrogens is 298 g/mol. The summed E-state index contributed by atoms with van der Waals surface area (Å²) in [5.41, 5.74) is 0.756. The summed E-state index contributed by atoms with van der Waals surface area (Å²) < 4.78 is 2.73. The van der Waals surface area contributed by atoms with Gasteiger partial charge < -0.3 is 5.32 Å². The van der Waals surface area contributed by atoms with Crippen molar-refractivity contribution < 1.29 is 4.79 Å². The fourth-order valence-corrected chi connectivity index (χ4v) is 1.88. The molecule has 0 saturated carbocycles. The summed E-state index contributed by atoms with van der Waals surface area (Å²) in [5.74, 6) is 0.0279. The molecule has 1 amide bonds. The summed E-state index contributed by atoms with van der Waals surface area (Å²) >= 11 is 0. The molecule has 0 aliphatic rings. The van der Waals surface area contributed by atoms with Crippen molar-refractivity contribution >= 4 is 11.6 Å². The molecule has 3 rings (SSSR count). The van der Waals surface area contributed by atoms with Crippen LogP contribution in [-0.4, -0.2) is 35.2 Å². The van der Waals surface area contributed by atoms with Gasteiger partial charge in [0.2, 0.25) is 5.91 Å². The normalized spacial score (nSPS) is 10.5. The van der Waals surface area contributed by atoms with Gasteiger partial charge in [-0.25, -0.2) is 19.6 Å². The lowest BCUT2D eigenvalue weighted by Crippen LogP contribution is -2.27. The van der Waals surface area contributed by atoms with Gasteiger partial charge in [-0.1, -0.05) is 0 Å². The zero-order valence-corrected chi connectivity index (χ0v) is 12.2. The largest absolute Gasteiger partial charge is 0.322 e. The number of rotatable bonds is 4. The summed E-state index contributed by atoms with van der Waals surface area (Å²) in [4.78, 5) is 35.9. The zero-order valence-electron chi connectivity index (χ0n) is 12.2. The van der Waals surface area contributed by atoms with Gasteiger partial charge in [-0.05, 0) is 13.0 Å². The average Bonchev–Trinajstić information content (AvgIpc) is 3.05. The van der Waals surface area contributed by atoms with Crippen molar-refractivity contribution in [3.05, 3.63) is 59.3 Å². The Labute approximate surface area is 130 Å². The van der Waals surface area contributed by atoms with Gasteiger partial charge in [-0.2, -0.15) is 5.10 Å². The number of hydrogen-bond donors (Lipinski definition) is 1. The first-order chi connectivity index (χ1) is 11.1. The highest BCUT2D eigenvalue weighted by Crippen LogP contribution is 2.05. The van der Waals surface area contributed by atoms with Crippen molar-refractivity contribution in [3.63, 3.8) is 0 Å². The van der Waals surface area contributed by atoms with Crippen LogP contribution < -0.4 is 10.9 Å². The molecule has 0 fully saturated rings. The van der Waals surface area contributed by atoms with Gasteiger partial charge in [0.15, 0.2) is 0 Å². The number of nitrogens with zero attached hydrogens (tertiary/aromatic N) is 6. The van der Waals surface area contributed by atoms with Gasteiger partial charge in [0.25, 0.3) is 11.5 Å². The maximum Gasteiger partial charge on any atom is 0.253 e. The van der Waals surface area contributed by atoms with Crippen LogP contribution in [0.1, 0.15) is 5.69 Å². The monoisotopic (exact) mass is 311 g/mol. The molecule has 0 bridgehead atoms. The van der Waals surface area contributed by atoms with Crippen molar-refractivity contribution in [2.24, 2.45) is 0 Å². The molecule has 0 aliphatic heterocycles. The topological polar surface area (TPSA) is 108 Å². The average molecular weight is 311 g/mol. The van der Waals surface area contributed by atoms with E-state index in [0.29, 0.717) is 17.3 Å². The molecule has 0 aromatic carbocycles. The maximum absolute atomic E-state index is 12.0. The van der Waals surface area contributed by atoms with Crippen LogP contribution >= 0.6 is 0 Å². The van der Waals surface area contributed by atoms with E-state index < -0.39 is 0 Å². The van der Waals surface area contributed by atoms with E-state index in [1.807, 2.05) is 0 Å². The lowest BCUT2D eigenvalue weighted by atomic mass is 10.4. The van der Waals surface area contributed by atoms with Gasteiger partial charge >= 0.3 is 0 Å². The van der Waals surface area contributed by atoms with Crippen LogP contribution in [0.4, 0.5) is 5.69 Å². The number of nitrogens with one attached hydrogen (secondary N) is 1. The Morgan fingerprint density at radius 2 is 2.04 bits per heavy atom. The van der Waals surface area contributed by atoms with Crippen LogP contribution in [0.15, 0.2) is 48.0 Å². The molecule has 1 N–H and O–H groups in total. The van der Waals surface area contributed by atoms with E-state index in [-0.39, 0.29) is 18.0 Å². The van der Waals surface area contributed by atoms with Crippen molar-refractivity contribution in [1.82, 2.24) is 29.3 Å². The van der Waals surface area contributed by atoms with E-state index in [0.717, 1.165) is 0 Å². The number of aryl methyl sites for hydroxylation is 1. The number of carbonyl (C=O) groups excluding carboxylic acids is 1. The lowest BCUT2D eigenvalue weighted by Gasteiger charge is -2.07. The Morgan fingerprint density at radius 1 is 1.26 bits per heavy atom. The number of hydrogen-bond acceptors (Lipinski definition) is 6. The summed E-state index contributed by atoms with van der Waals surface area (Å²) in [7, 11) is 0. The Balaban J connectivity index is 1.67. The molecule has 0 atom stereocenters. The minimum Gasteiger partial charge on any atom is -0.322 e. The highest BCUT2D eigenvalue weighted by molar-refractivity contribution is 5.90. The Bertz CT molecular complexity index is 869. The predicted molar refractivity (Wildman–Crippen MR) is 81.0 cm³/mol. The van der Waals surface area contributed by atoms with Crippen LogP contribution in [0.3, 0.4) is 0 Å². The Kier molecular flexibility index (Phi) is 3.91. The van der Waals surface area contributed by atoms with Crippen LogP contribution in [0.25, 0.3) is 5.95 Å². The first-order valence-corrected chi connectivity index (χ1v) is 6.77. The summed E-state index contributed by atoms with van der Waals surface area (Å²) in [6, 6.07) is 3.13. The van der Waals surface area contributed by atoms with Gasteiger partial charge in [0.05, 0.1) is 24.4 Å². The molecule has 116 valence electrons. The highest BCUT2D eigenvalue weighted by atomic mass is 16.2. The van der Waals surface area contributed by atoms with Crippen molar-refractivity contribution in [2.75, 3.05) is 5.32 Å². The van der Waals surface area contributed by atoms with Crippen molar-refractivity contribution in [3.8, 4) is 5.95 Å².